The number of ether oxygens (including phenoxy) is 1. The summed E-state index contributed by atoms with van der Waals surface area (Å²) in [4.78, 5) is 12.2. The summed E-state index contributed by atoms with van der Waals surface area (Å²) in [5.74, 6) is 1.14. The van der Waals surface area contributed by atoms with Crippen LogP contribution in [0.3, 0.4) is 0 Å². The summed E-state index contributed by atoms with van der Waals surface area (Å²) in [6.45, 7) is 6.70. The van der Waals surface area contributed by atoms with Crippen LogP contribution in [-0.2, 0) is 4.79 Å². The molecule has 2 aromatic carbocycles. The summed E-state index contributed by atoms with van der Waals surface area (Å²) >= 11 is 0. The Labute approximate surface area is 138 Å². The first-order valence-electron chi connectivity index (χ1n) is 8.17. The van der Waals surface area contributed by atoms with Crippen molar-refractivity contribution in [3.63, 3.8) is 0 Å². The SMILES string of the molecule is CCOc1ccc([C@H](C)NC(=O)C[C@H](C)c2ccccc2)cc1. The largest absolute Gasteiger partial charge is 0.494 e. The van der Waals surface area contributed by atoms with Gasteiger partial charge in [0, 0.05) is 6.42 Å². The molecule has 0 aromatic heterocycles. The lowest BCUT2D eigenvalue weighted by molar-refractivity contribution is -0.122. The number of benzene rings is 2. The first-order chi connectivity index (χ1) is 11.1. The van der Waals surface area contributed by atoms with Crippen molar-refractivity contribution in [2.24, 2.45) is 0 Å². The van der Waals surface area contributed by atoms with E-state index in [4.69, 9.17) is 4.74 Å². The zero-order valence-corrected chi connectivity index (χ0v) is 14.1. The van der Waals surface area contributed by atoms with E-state index >= 15 is 0 Å². The van der Waals surface area contributed by atoms with E-state index in [1.807, 2.05) is 56.3 Å². The predicted octanol–water partition coefficient (Wildman–Crippen LogP) is 4.46. The van der Waals surface area contributed by atoms with Crippen LogP contribution in [0.2, 0.25) is 0 Å². The quantitative estimate of drug-likeness (QED) is 0.820. The summed E-state index contributed by atoms with van der Waals surface area (Å²) in [6.07, 6.45) is 0.491. The second-order valence-corrected chi connectivity index (χ2v) is 5.81. The molecule has 0 unspecified atom stereocenters. The van der Waals surface area contributed by atoms with Crippen LogP contribution < -0.4 is 10.1 Å². The third-order valence-electron chi connectivity index (χ3n) is 3.93. The van der Waals surface area contributed by atoms with E-state index in [0.29, 0.717) is 13.0 Å². The second kappa shape index (κ2) is 8.37. The normalized spacial score (nSPS) is 13.2. The molecule has 2 atom stereocenters. The Morgan fingerprint density at radius 1 is 1.00 bits per heavy atom. The molecular formula is C20H25NO2. The molecule has 0 aliphatic rings. The molecule has 2 rings (SSSR count). The molecule has 3 heteroatoms. The Kier molecular flexibility index (Phi) is 6.21. The Bertz CT molecular complexity index is 607. The van der Waals surface area contributed by atoms with Gasteiger partial charge in [-0.1, -0.05) is 49.4 Å². The first kappa shape index (κ1) is 17.1. The van der Waals surface area contributed by atoms with Crippen molar-refractivity contribution >= 4 is 5.91 Å². The minimum Gasteiger partial charge on any atom is -0.494 e. The van der Waals surface area contributed by atoms with Crippen LogP contribution in [0.4, 0.5) is 0 Å². The standard InChI is InChI=1S/C20H25NO2/c1-4-23-19-12-10-18(11-13-19)16(3)21-20(22)14-15(2)17-8-6-5-7-9-17/h5-13,15-16H,4,14H2,1-3H3,(H,21,22)/t15-,16-/m0/s1. The minimum atomic E-state index is -0.0128. The van der Waals surface area contributed by atoms with E-state index in [1.165, 1.54) is 5.56 Å². The van der Waals surface area contributed by atoms with Crippen molar-refractivity contribution in [2.75, 3.05) is 6.61 Å². The molecule has 0 aliphatic carbocycles. The molecule has 0 saturated carbocycles. The minimum absolute atomic E-state index is 0.0128. The van der Waals surface area contributed by atoms with Crippen LogP contribution >= 0.6 is 0 Å². The van der Waals surface area contributed by atoms with Gasteiger partial charge in [0.05, 0.1) is 12.6 Å². The third-order valence-corrected chi connectivity index (χ3v) is 3.93. The zero-order chi connectivity index (χ0) is 16.7. The van der Waals surface area contributed by atoms with Gasteiger partial charge < -0.3 is 10.1 Å². The Morgan fingerprint density at radius 2 is 1.65 bits per heavy atom. The van der Waals surface area contributed by atoms with Gasteiger partial charge in [-0.2, -0.15) is 0 Å². The van der Waals surface area contributed by atoms with Gasteiger partial charge in [0.15, 0.2) is 0 Å². The summed E-state index contributed by atoms with van der Waals surface area (Å²) < 4.78 is 5.44. The van der Waals surface area contributed by atoms with E-state index in [2.05, 4.69) is 24.4 Å². The van der Waals surface area contributed by atoms with Crippen molar-refractivity contribution in [3.05, 3.63) is 65.7 Å². The van der Waals surface area contributed by atoms with Crippen LogP contribution in [0.25, 0.3) is 0 Å². The fourth-order valence-corrected chi connectivity index (χ4v) is 2.58. The molecule has 1 amide bonds. The molecular weight excluding hydrogens is 286 g/mol. The summed E-state index contributed by atoms with van der Waals surface area (Å²) in [5, 5.41) is 3.07. The van der Waals surface area contributed by atoms with Gasteiger partial charge in [-0.3, -0.25) is 4.79 Å². The van der Waals surface area contributed by atoms with Gasteiger partial charge in [-0.05, 0) is 43.0 Å². The Balaban J connectivity index is 1.89. The van der Waals surface area contributed by atoms with E-state index in [1.54, 1.807) is 0 Å². The van der Waals surface area contributed by atoms with Gasteiger partial charge >= 0.3 is 0 Å². The van der Waals surface area contributed by atoms with Crippen molar-refractivity contribution < 1.29 is 9.53 Å². The topological polar surface area (TPSA) is 38.3 Å². The van der Waals surface area contributed by atoms with E-state index in [0.717, 1.165) is 11.3 Å². The van der Waals surface area contributed by atoms with Crippen LogP contribution in [0.15, 0.2) is 54.6 Å². The number of amides is 1. The molecule has 0 spiro atoms. The fraction of sp³-hybridized carbons (Fsp3) is 0.350. The number of nitrogens with one attached hydrogen (secondary N) is 1. The summed E-state index contributed by atoms with van der Waals surface area (Å²) in [5.41, 5.74) is 2.27. The third kappa shape index (κ3) is 5.13. The molecule has 0 heterocycles. The number of carbonyl (C=O) groups is 1. The molecule has 0 saturated heterocycles. The Morgan fingerprint density at radius 3 is 2.26 bits per heavy atom. The second-order valence-electron chi connectivity index (χ2n) is 5.81. The maximum Gasteiger partial charge on any atom is 0.221 e. The number of hydrogen-bond donors (Lipinski definition) is 1. The van der Waals surface area contributed by atoms with Crippen LogP contribution in [0.1, 0.15) is 50.3 Å². The van der Waals surface area contributed by atoms with Gasteiger partial charge in [0.1, 0.15) is 5.75 Å². The maximum atomic E-state index is 12.2. The lowest BCUT2D eigenvalue weighted by Gasteiger charge is -2.17. The molecule has 122 valence electrons. The summed E-state index contributed by atoms with van der Waals surface area (Å²) in [6, 6.07) is 18.0. The number of carbonyl (C=O) groups excluding carboxylic acids is 1. The van der Waals surface area contributed by atoms with Gasteiger partial charge in [0.25, 0.3) is 0 Å². The molecule has 23 heavy (non-hydrogen) atoms. The molecule has 0 radical (unpaired) electrons. The van der Waals surface area contributed by atoms with Gasteiger partial charge in [0.2, 0.25) is 5.91 Å². The fourth-order valence-electron chi connectivity index (χ4n) is 2.58. The highest BCUT2D eigenvalue weighted by Crippen LogP contribution is 2.20. The van der Waals surface area contributed by atoms with Crippen LogP contribution in [0.5, 0.6) is 5.75 Å². The molecule has 2 aromatic rings. The molecule has 0 bridgehead atoms. The monoisotopic (exact) mass is 311 g/mol. The highest BCUT2D eigenvalue weighted by atomic mass is 16.5. The lowest BCUT2D eigenvalue weighted by Crippen LogP contribution is -2.27. The highest BCUT2D eigenvalue weighted by molar-refractivity contribution is 5.77. The molecule has 0 aliphatic heterocycles. The van der Waals surface area contributed by atoms with Crippen molar-refractivity contribution in [1.82, 2.24) is 5.32 Å². The van der Waals surface area contributed by atoms with Gasteiger partial charge in [-0.15, -0.1) is 0 Å². The number of rotatable bonds is 7. The van der Waals surface area contributed by atoms with E-state index < -0.39 is 0 Å². The summed E-state index contributed by atoms with van der Waals surface area (Å²) in [7, 11) is 0. The van der Waals surface area contributed by atoms with Crippen LogP contribution in [0, 0.1) is 0 Å². The van der Waals surface area contributed by atoms with Crippen molar-refractivity contribution in [3.8, 4) is 5.75 Å². The average Bonchev–Trinajstić information content (AvgIpc) is 2.56. The Hall–Kier alpha value is -2.29. The first-order valence-corrected chi connectivity index (χ1v) is 8.17. The molecule has 3 nitrogen and oxygen atoms in total. The lowest BCUT2D eigenvalue weighted by atomic mass is 9.97. The number of hydrogen-bond acceptors (Lipinski definition) is 2. The maximum absolute atomic E-state index is 12.2. The van der Waals surface area contributed by atoms with Gasteiger partial charge in [-0.25, -0.2) is 0 Å². The van der Waals surface area contributed by atoms with Crippen molar-refractivity contribution in [1.29, 1.82) is 0 Å². The van der Waals surface area contributed by atoms with E-state index in [9.17, 15) is 4.79 Å². The zero-order valence-electron chi connectivity index (χ0n) is 14.1. The molecule has 1 N–H and O–H groups in total. The van der Waals surface area contributed by atoms with Crippen molar-refractivity contribution in [2.45, 2.75) is 39.2 Å². The highest BCUT2D eigenvalue weighted by Gasteiger charge is 2.14. The van der Waals surface area contributed by atoms with E-state index in [-0.39, 0.29) is 17.9 Å². The average molecular weight is 311 g/mol. The predicted molar refractivity (Wildman–Crippen MR) is 93.6 cm³/mol. The van der Waals surface area contributed by atoms with Crippen LogP contribution in [-0.4, -0.2) is 12.5 Å². The molecule has 0 fully saturated rings. The smallest absolute Gasteiger partial charge is 0.221 e.